The number of benzene rings is 4. The van der Waals surface area contributed by atoms with E-state index in [1.165, 1.54) is 38.6 Å². The number of nitrogens with one attached hydrogen (secondary N) is 1. The van der Waals surface area contributed by atoms with Gasteiger partial charge in [-0.3, -0.25) is 9.97 Å². The molecule has 0 saturated carbocycles. The Morgan fingerprint density at radius 3 is 1.62 bits per heavy atom. The van der Waals surface area contributed by atoms with Gasteiger partial charge in [-0.2, -0.15) is 0 Å². The van der Waals surface area contributed by atoms with Gasteiger partial charge >= 0.3 is 0 Å². The zero-order chi connectivity index (χ0) is 27.9. The average molecular weight is 541 g/mol. The van der Waals surface area contributed by atoms with E-state index >= 15 is 0 Å². The molecule has 0 saturated heterocycles. The molecule has 0 aliphatic carbocycles. The van der Waals surface area contributed by atoms with E-state index < -0.39 is 0 Å². The van der Waals surface area contributed by atoms with E-state index in [0.29, 0.717) is 0 Å². The monoisotopic (exact) mass is 540 g/mol. The van der Waals surface area contributed by atoms with E-state index in [0.717, 1.165) is 51.3 Å². The van der Waals surface area contributed by atoms with Crippen LogP contribution in [0.3, 0.4) is 0 Å². The third-order valence-electron chi connectivity index (χ3n) is 7.90. The fourth-order valence-electron chi connectivity index (χ4n) is 5.78. The predicted molar refractivity (Wildman–Crippen MR) is 171 cm³/mol. The third kappa shape index (κ3) is 4.17. The Morgan fingerprint density at radius 2 is 1.07 bits per heavy atom. The molecule has 6 heteroatoms. The Morgan fingerprint density at radius 1 is 0.500 bits per heavy atom. The molecule has 6 nitrogen and oxygen atoms in total. The molecule has 0 radical (unpaired) electrons. The third-order valence-corrected chi connectivity index (χ3v) is 7.90. The highest BCUT2D eigenvalue weighted by molar-refractivity contribution is 6.26. The summed E-state index contributed by atoms with van der Waals surface area (Å²) < 4.78 is 0. The topological polar surface area (TPSA) is 76.0 Å². The van der Waals surface area contributed by atoms with Gasteiger partial charge in [-0.05, 0) is 67.7 Å². The number of hydrogen-bond acceptors (Lipinski definition) is 6. The highest BCUT2D eigenvalue weighted by Gasteiger charge is 2.12. The first-order valence-corrected chi connectivity index (χ1v) is 13.8. The van der Waals surface area contributed by atoms with Gasteiger partial charge in [-0.15, -0.1) is 0 Å². The van der Waals surface area contributed by atoms with Gasteiger partial charge in [-0.1, -0.05) is 60.7 Å². The summed E-state index contributed by atoms with van der Waals surface area (Å²) in [5.74, 6) is 0. The number of hydrogen-bond donors (Lipinski definition) is 1. The fraction of sp³-hybridized carbons (Fsp3) is 0.0278. The van der Waals surface area contributed by atoms with Crippen LogP contribution in [-0.2, 0) is 0 Å². The molecule has 4 heterocycles. The molecule has 7 aromatic rings. The van der Waals surface area contributed by atoms with Crippen LogP contribution < -0.4 is 5.32 Å². The van der Waals surface area contributed by atoms with Crippen molar-refractivity contribution in [3.8, 4) is 33.5 Å². The summed E-state index contributed by atoms with van der Waals surface area (Å²) in [5, 5.41) is 10.5. The highest BCUT2D eigenvalue weighted by Crippen LogP contribution is 2.39. The lowest BCUT2D eigenvalue weighted by atomic mass is 9.90. The molecule has 0 spiro atoms. The number of fused-ring (bicyclic) bond motifs is 6. The number of aromatic nitrogens is 4. The molecule has 1 aliphatic heterocycles. The van der Waals surface area contributed by atoms with Crippen molar-refractivity contribution in [2.24, 2.45) is 4.99 Å². The summed E-state index contributed by atoms with van der Waals surface area (Å²) in [7, 11) is 0. The number of aliphatic imine (C=N–C) groups is 1. The van der Waals surface area contributed by atoms with E-state index in [1.54, 1.807) is 18.7 Å². The van der Waals surface area contributed by atoms with Gasteiger partial charge in [0.1, 0.15) is 6.33 Å². The first kappa shape index (κ1) is 24.1. The standard InChI is InChI=1S/C36H24N6/c1-2-4-30-29(3-1)33-13-23(25-7-11-35(41-19-25)27-15-37-21-38-16-27)5-9-31(33)32-10-6-24(14-34(30)32)26-8-12-36(42-20-26)28-17-39-22-40-18-28/h1-17,19-22H,18H2,(H,39,40). The van der Waals surface area contributed by atoms with E-state index in [2.05, 4.69) is 99.1 Å². The first-order chi connectivity index (χ1) is 20.8. The maximum Gasteiger partial charge on any atom is 0.115 e. The van der Waals surface area contributed by atoms with Crippen LogP contribution in [0.15, 0.2) is 127 Å². The second kappa shape index (κ2) is 10.0. The highest BCUT2D eigenvalue weighted by atomic mass is 15.0. The van der Waals surface area contributed by atoms with Crippen molar-refractivity contribution in [3.63, 3.8) is 0 Å². The van der Waals surface area contributed by atoms with Crippen LogP contribution in [-0.4, -0.2) is 32.8 Å². The molecule has 1 N–H and O–H groups in total. The second-order valence-electron chi connectivity index (χ2n) is 10.4. The van der Waals surface area contributed by atoms with Crippen LogP contribution in [0.25, 0.3) is 71.4 Å². The van der Waals surface area contributed by atoms with Gasteiger partial charge in [0.15, 0.2) is 0 Å². The minimum absolute atomic E-state index is 0.734. The first-order valence-electron chi connectivity index (χ1n) is 13.8. The Kier molecular flexibility index (Phi) is 5.74. The van der Waals surface area contributed by atoms with Crippen molar-refractivity contribution < 1.29 is 0 Å². The lowest BCUT2D eigenvalue weighted by Crippen LogP contribution is -2.17. The van der Waals surface area contributed by atoms with Gasteiger partial charge in [0, 0.05) is 59.8 Å². The van der Waals surface area contributed by atoms with Crippen LogP contribution in [0.4, 0.5) is 0 Å². The van der Waals surface area contributed by atoms with Gasteiger partial charge in [-0.25, -0.2) is 15.0 Å². The summed E-state index contributed by atoms with van der Waals surface area (Å²) in [5.41, 5.74) is 8.21. The summed E-state index contributed by atoms with van der Waals surface area (Å²) in [6, 6.07) is 30.5. The Bertz CT molecular complexity index is 2150. The number of nitrogens with zero attached hydrogens (tertiary/aromatic N) is 5. The summed E-state index contributed by atoms with van der Waals surface area (Å²) in [4.78, 5) is 21.8. The lowest BCUT2D eigenvalue weighted by molar-refractivity contribution is 1.04. The average Bonchev–Trinajstić information content (AvgIpc) is 3.09. The predicted octanol–water partition coefficient (Wildman–Crippen LogP) is 7.70. The van der Waals surface area contributed by atoms with Crippen molar-refractivity contribution >= 4 is 44.2 Å². The number of pyridine rings is 2. The van der Waals surface area contributed by atoms with Crippen molar-refractivity contribution in [2.75, 3.05) is 6.54 Å². The zero-order valence-corrected chi connectivity index (χ0v) is 22.6. The SMILES string of the molecule is C1=NC=C(c2ccc(-c3ccc4c5ccc(-c6ccc(-c7cncnc7)nc6)cc5c5ccccc5c4c3)cn2)CN1. The molecule has 0 bridgehead atoms. The minimum Gasteiger partial charge on any atom is -0.372 e. The van der Waals surface area contributed by atoms with Crippen LogP contribution >= 0.6 is 0 Å². The largest absolute Gasteiger partial charge is 0.372 e. The minimum atomic E-state index is 0.734. The fourth-order valence-corrected chi connectivity index (χ4v) is 5.78. The smallest absolute Gasteiger partial charge is 0.115 e. The van der Waals surface area contributed by atoms with Gasteiger partial charge in [0.25, 0.3) is 0 Å². The summed E-state index contributed by atoms with van der Waals surface area (Å²) >= 11 is 0. The molecular weight excluding hydrogens is 516 g/mol. The van der Waals surface area contributed by atoms with Gasteiger partial charge in [0.05, 0.1) is 17.7 Å². The van der Waals surface area contributed by atoms with Gasteiger partial charge in [0.2, 0.25) is 0 Å². The molecule has 4 aromatic carbocycles. The van der Waals surface area contributed by atoms with Crippen LogP contribution in [0, 0.1) is 0 Å². The van der Waals surface area contributed by atoms with Crippen LogP contribution in [0.2, 0.25) is 0 Å². The van der Waals surface area contributed by atoms with Crippen molar-refractivity contribution in [1.29, 1.82) is 0 Å². The molecule has 3 aromatic heterocycles. The van der Waals surface area contributed by atoms with Gasteiger partial charge < -0.3 is 5.32 Å². The van der Waals surface area contributed by atoms with Crippen molar-refractivity contribution in [2.45, 2.75) is 0 Å². The second-order valence-corrected chi connectivity index (χ2v) is 10.4. The molecule has 0 atom stereocenters. The van der Waals surface area contributed by atoms with E-state index in [1.807, 2.05) is 24.7 Å². The van der Waals surface area contributed by atoms with Crippen molar-refractivity contribution in [3.05, 3.63) is 128 Å². The molecule has 0 amide bonds. The summed E-state index contributed by atoms with van der Waals surface area (Å²) in [6.45, 7) is 0.734. The molecular formula is C36H24N6. The van der Waals surface area contributed by atoms with Crippen LogP contribution in [0.1, 0.15) is 5.69 Å². The molecule has 8 rings (SSSR count). The van der Waals surface area contributed by atoms with E-state index in [4.69, 9.17) is 9.97 Å². The maximum atomic E-state index is 4.74. The Labute approximate surface area is 242 Å². The number of rotatable bonds is 4. The van der Waals surface area contributed by atoms with Crippen LogP contribution in [0.5, 0.6) is 0 Å². The van der Waals surface area contributed by atoms with E-state index in [-0.39, 0.29) is 0 Å². The molecule has 1 aliphatic rings. The molecule has 198 valence electrons. The zero-order valence-electron chi connectivity index (χ0n) is 22.6. The quantitative estimate of drug-likeness (QED) is 0.232. The molecule has 42 heavy (non-hydrogen) atoms. The normalized spacial score (nSPS) is 12.9. The Balaban J connectivity index is 1.22. The van der Waals surface area contributed by atoms with E-state index in [9.17, 15) is 0 Å². The summed E-state index contributed by atoms with van der Waals surface area (Å²) in [6.07, 6.45) is 12.5. The Hall–Kier alpha value is -5.75. The molecule has 0 fully saturated rings. The van der Waals surface area contributed by atoms with Crippen molar-refractivity contribution in [1.82, 2.24) is 25.3 Å². The lowest BCUT2D eigenvalue weighted by Gasteiger charge is -2.14. The molecule has 0 unspecified atom stereocenters. The maximum absolute atomic E-state index is 4.74.